The van der Waals surface area contributed by atoms with Crippen LogP contribution in [0.15, 0.2) is 79.0 Å². The van der Waals surface area contributed by atoms with Crippen molar-refractivity contribution in [1.82, 2.24) is 29.7 Å². The highest BCUT2D eigenvalue weighted by molar-refractivity contribution is 5.98. The van der Waals surface area contributed by atoms with E-state index in [4.69, 9.17) is 19.9 Å². The van der Waals surface area contributed by atoms with Crippen LogP contribution in [-0.2, 0) is 6.54 Å². The number of nitrogens with zero attached hydrogens (tertiary/aromatic N) is 6. The molecular weight excluding hydrogens is 758 g/mol. The molecule has 4 heterocycles. The smallest absolute Gasteiger partial charge is 0.422 e. The van der Waals surface area contributed by atoms with Gasteiger partial charge in [0.2, 0.25) is 11.8 Å². The van der Waals surface area contributed by atoms with E-state index in [2.05, 4.69) is 49.0 Å². The van der Waals surface area contributed by atoms with Gasteiger partial charge in [-0.05, 0) is 30.2 Å². The summed E-state index contributed by atoms with van der Waals surface area (Å²) in [6.07, 6.45) is -3.04. The monoisotopic (exact) mass is 799 g/mol. The summed E-state index contributed by atoms with van der Waals surface area (Å²) in [5.74, 6) is -0.277. The van der Waals surface area contributed by atoms with Crippen molar-refractivity contribution in [2.24, 2.45) is 0 Å². The van der Waals surface area contributed by atoms with Gasteiger partial charge in [0.1, 0.15) is 5.82 Å². The van der Waals surface area contributed by atoms with E-state index in [1.54, 1.807) is 30.2 Å². The summed E-state index contributed by atoms with van der Waals surface area (Å²) in [4.78, 5) is 32.8. The number of anilines is 1. The number of methoxy groups -OCH3 is 1. The molecule has 17 heteroatoms. The van der Waals surface area contributed by atoms with Crippen molar-refractivity contribution in [2.75, 3.05) is 58.8 Å². The number of rotatable bonds is 11. The summed E-state index contributed by atoms with van der Waals surface area (Å²) in [6.45, 7) is 3.06. The molecule has 288 valence electrons. The average molecular weight is 801 g/mol. The Morgan fingerprint density at radius 2 is 1.53 bits per heavy atom. The van der Waals surface area contributed by atoms with Crippen LogP contribution in [0.1, 0.15) is 39.9 Å². The zero-order valence-corrected chi connectivity index (χ0v) is 31.6. The molecule has 11 nitrogen and oxygen atoms in total. The lowest BCUT2D eigenvalue weighted by Gasteiger charge is -2.53. The molecule has 2 atom stereocenters. The van der Waals surface area contributed by atoms with Gasteiger partial charge in [-0.1, -0.05) is 60.7 Å². The molecule has 0 aliphatic carbocycles. The minimum Gasteiger partial charge on any atom is -0.481 e. The van der Waals surface area contributed by atoms with Crippen LogP contribution in [0.25, 0.3) is 0 Å². The first-order valence-electron chi connectivity index (χ1n) is 16.5. The summed E-state index contributed by atoms with van der Waals surface area (Å²) >= 11 is 0. The van der Waals surface area contributed by atoms with E-state index in [9.17, 15) is 18.0 Å². The van der Waals surface area contributed by atoms with E-state index in [0.29, 0.717) is 38.3 Å². The predicted molar refractivity (Wildman–Crippen MR) is 202 cm³/mol. The van der Waals surface area contributed by atoms with E-state index < -0.39 is 12.8 Å². The molecule has 2 aliphatic rings. The second-order valence-electron chi connectivity index (χ2n) is 12.3. The number of ether oxygens (including phenoxy) is 3. The first-order chi connectivity index (χ1) is 24.1. The fraction of sp³-hybridized carbons (Fsp3) is 0.389. The number of halogens is 6. The fourth-order valence-electron chi connectivity index (χ4n) is 6.96. The largest absolute Gasteiger partial charge is 0.481 e. The zero-order valence-electron chi connectivity index (χ0n) is 29.1. The summed E-state index contributed by atoms with van der Waals surface area (Å²) < 4.78 is 56.4. The Morgan fingerprint density at radius 3 is 2.11 bits per heavy atom. The van der Waals surface area contributed by atoms with Crippen LogP contribution >= 0.6 is 37.2 Å². The summed E-state index contributed by atoms with van der Waals surface area (Å²) in [5, 5.41) is 0. The summed E-state index contributed by atoms with van der Waals surface area (Å²) in [7, 11) is 1.39. The first-order valence-corrected chi connectivity index (χ1v) is 16.5. The van der Waals surface area contributed by atoms with Crippen LogP contribution in [0.3, 0.4) is 0 Å². The Hall–Kier alpha value is -4.08. The molecule has 2 N–H and O–H groups in total. The van der Waals surface area contributed by atoms with Gasteiger partial charge in [0, 0.05) is 63.5 Å². The van der Waals surface area contributed by atoms with Crippen LogP contribution in [-0.4, -0.2) is 107 Å². The van der Waals surface area contributed by atoms with E-state index in [1.807, 2.05) is 36.4 Å². The third-order valence-corrected chi connectivity index (χ3v) is 9.06. The number of nitrogens with two attached hydrogens (primary N) is 1. The normalized spacial score (nSPS) is 17.4. The van der Waals surface area contributed by atoms with Crippen molar-refractivity contribution >= 4 is 48.9 Å². The van der Waals surface area contributed by atoms with Crippen LogP contribution < -0.4 is 19.9 Å². The number of fused-ring (bicyclic) bond motifs is 1. The molecule has 0 bridgehead atoms. The molecule has 2 aliphatic heterocycles. The lowest BCUT2D eigenvalue weighted by molar-refractivity contribution is -0.154. The number of carbonyl (C=O) groups is 1. The van der Waals surface area contributed by atoms with Crippen molar-refractivity contribution in [1.29, 1.82) is 0 Å². The number of nitrogen functional groups attached to an aromatic ring is 1. The molecule has 1 amide bonds. The molecule has 53 heavy (non-hydrogen) atoms. The molecule has 2 saturated heterocycles. The number of alkyl halides is 3. The molecule has 2 aromatic carbocycles. The second-order valence-corrected chi connectivity index (χ2v) is 12.3. The van der Waals surface area contributed by atoms with Crippen molar-refractivity contribution < 1.29 is 32.2 Å². The molecule has 0 unspecified atom stereocenters. The highest BCUT2D eigenvalue weighted by atomic mass is 35.5. The summed E-state index contributed by atoms with van der Waals surface area (Å²) in [5.41, 5.74) is 8.96. The molecule has 4 aromatic rings. The van der Waals surface area contributed by atoms with Crippen molar-refractivity contribution in [3.63, 3.8) is 0 Å². The minimum atomic E-state index is -4.59. The quantitative estimate of drug-likeness (QED) is 0.196. The number of pyridine rings is 1. The van der Waals surface area contributed by atoms with E-state index >= 15 is 0 Å². The molecular formula is C36H43Cl3F3N7O4. The maximum atomic E-state index is 13.7. The summed E-state index contributed by atoms with van der Waals surface area (Å²) in [6, 6.07) is 23.5. The van der Waals surface area contributed by atoms with Gasteiger partial charge in [0.05, 0.1) is 24.8 Å². The molecule has 2 fully saturated rings. The minimum absolute atomic E-state index is 0. The molecule has 6 rings (SSSR count). The topological polar surface area (TPSA) is 119 Å². The van der Waals surface area contributed by atoms with Crippen LogP contribution in [0.2, 0.25) is 0 Å². The maximum Gasteiger partial charge on any atom is 0.422 e. The first kappa shape index (κ1) is 43.3. The third kappa shape index (κ3) is 10.3. The van der Waals surface area contributed by atoms with Gasteiger partial charge < -0.3 is 24.8 Å². The fourth-order valence-corrected chi connectivity index (χ4v) is 6.96. The van der Waals surface area contributed by atoms with Gasteiger partial charge in [0.15, 0.2) is 6.61 Å². The maximum absolute atomic E-state index is 13.7. The van der Waals surface area contributed by atoms with Gasteiger partial charge in [-0.25, -0.2) is 4.98 Å². The number of piperazine rings is 2. The number of amides is 1. The Morgan fingerprint density at radius 1 is 0.887 bits per heavy atom. The highest BCUT2D eigenvalue weighted by Crippen LogP contribution is 2.38. The van der Waals surface area contributed by atoms with Crippen molar-refractivity contribution in [3.8, 4) is 17.8 Å². The number of hydrogen-bond donors (Lipinski definition) is 1. The number of hydrogen-bond acceptors (Lipinski definition) is 10. The van der Waals surface area contributed by atoms with Crippen molar-refractivity contribution in [2.45, 2.75) is 37.6 Å². The van der Waals surface area contributed by atoms with E-state index in [1.165, 1.54) is 7.11 Å². The standard InChI is InChI=1S/C36H40F3N7O4.3ClH/c1-3-49-35-42-32(48-2)28(33(43-35)50-23-36(37,38)39)21-44-19-26-20-45(34(47)27-15-10-16-41-31(27)40)17-18-46(26)29(22-44)30(24-11-6-4-7-12-24)25-13-8-5-9-14-25;;;/h4-16,26,29-30H,3,17-23H2,1-2H3,(H2,40,41);3*1H/t26-,29+;;;/m1.../s1. The average Bonchev–Trinajstić information content (AvgIpc) is 3.12. The Bertz CT molecular complexity index is 1730. The predicted octanol–water partition coefficient (Wildman–Crippen LogP) is 5.91. The zero-order chi connectivity index (χ0) is 35.3. The van der Waals surface area contributed by atoms with Gasteiger partial charge >= 0.3 is 12.2 Å². The highest BCUT2D eigenvalue weighted by Gasteiger charge is 2.44. The number of aromatic nitrogens is 3. The van der Waals surface area contributed by atoms with Crippen molar-refractivity contribution in [3.05, 3.63) is 101 Å². The van der Waals surface area contributed by atoms with Crippen LogP contribution in [0, 0.1) is 0 Å². The van der Waals surface area contributed by atoms with Gasteiger partial charge in [-0.2, -0.15) is 23.1 Å². The number of benzene rings is 2. The Balaban J connectivity index is 0.00000252. The molecule has 0 radical (unpaired) electrons. The second kappa shape index (κ2) is 19.3. The van der Waals surface area contributed by atoms with Gasteiger partial charge in [-0.3, -0.25) is 14.6 Å². The molecule has 0 saturated carbocycles. The van der Waals surface area contributed by atoms with Gasteiger partial charge in [-0.15, -0.1) is 37.2 Å². The van der Waals surface area contributed by atoms with Crippen LogP contribution in [0.5, 0.6) is 17.8 Å². The van der Waals surface area contributed by atoms with E-state index in [0.717, 1.165) is 11.1 Å². The molecule has 0 spiro atoms. The lowest BCUT2D eigenvalue weighted by Crippen LogP contribution is -2.67. The van der Waals surface area contributed by atoms with E-state index in [-0.39, 0.29) is 103 Å². The Kier molecular flexibility index (Phi) is 15.8. The SMILES string of the molecule is CCOc1nc(OC)c(CN2C[C@@H]3CN(C(=O)c4cccnc4N)CCN3[C@H](C(c3ccccc3)c3ccccc3)C2)c(OCC(F)(F)F)n1.Cl.Cl.Cl. The Labute approximate surface area is 325 Å². The van der Waals surface area contributed by atoms with Gasteiger partial charge in [0.25, 0.3) is 5.91 Å². The molecule has 2 aromatic heterocycles. The van der Waals surface area contributed by atoms with Crippen LogP contribution in [0.4, 0.5) is 19.0 Å². The third-order valence-electron chi connectivity index (χ3n) is 9.06. The number of carbonyl (C=O) groups excluding carboxylic acids is 1. The lowest BCUT2D eigenvalue weighted by atomic mass is 9.81.